The fourth-order valence-corrected chi connectivity index (χ4v) is 2.36. The third-order valence-electron chi connectivity index (χ3n) is 3.15. The summed E-state index contributed by atoms with van der Waals surface area (Å²) in [6, 6.07) is 3.76. The van der Waals surface area contributed by atoms with Crippen molar-refractivity contribution in [3.05, 3.63) is 34.1 Å². The molecule has 0 aliphatic heterocycles. The number of hydrogen-bond acceptors (Lipinski definition) is 4. The highest BCUT2D eigenvalue weighted by atomic mass is 35.5. The second kappa shape index (κ2) is 6.05. The third kappa shape index (κ3) is 2.67. The predicted molar refractivity (Wildman–Crippen MR) is 79.9 cm³/mol. The van der Waals surface area contributed by atoms with E-state index in [1.165, 1.54) is 0 Å². The second-order valence-corrected chi connectivity index (χ2v) is 4.81. The lowest BCUT2D eigenvalue weighted by Crippen LogP contribution is -2.03. The maximum absolute atomic E-state index is 6.34. The van der Waals surface area contributed by atoms with Gasteiger partial charge in [0.25, 0.3) is 0 Å². The Hall–Kier alpha value is -1.88. The smallest absolute Gasteiger partial charge is 0.179 e. The number of aryl methyl sites for hydroxylation is 2. The molecule has 0 aliphatic carbocycles. The first-order valence-corrected chi connectivity index (χ1v) is 6.61. The van der Waals surface area contributed by atoms with Crippen LogP contribution in [0.3, 0.4) is 0 Å². The molecule has 0 radical (unpaired) electrons. The van der Waals surface area contributed by atoms with Gasteiger partial charge in [-0.05, 0) is 25.5 Å². The van der Waals surface area contributed by atoms with Crippen molar-refractivity contribution >= 4 is 17.3 Å². The van der Waals surface area contributed by atoms with Gasteiger partial charge in [0, 0.05) is 6.54 Å². The number of nitrogens with zero attached hydrogens (tertiary/aromatic N) is 1. The predicted octanol–water partition coefficient (Wildman–Crippen LogP) is 3.31. The Labute approximate surface area is 123 Å². The van der Waals surface area contributed by atoms with Gasteiger partial charge in [-0.15, -0.1) is 0 Å². The van der Waals surface area contributed by atoms with Crippen LogP contribution in [0.2, 0.25) is 5.02 Å². The Kier molecular flexibility index (Phi) is 4.39. The molecule has 0 unspecified atom stereocenters. The molecule has 0 bridgehead atoms. The van der Waals surface area contributed by atoms with Crippen molar-refractivity contribution in [2.24, 2.45) is 0 Å². The van der Waals surface area contributed by atoms with Crippen molar-refractivity contribution in [3.8, 4) is 11.5 Å². The van der Waals surface area contributed by atoms with Crippen LogP contribution in [0.15, 0.2) is 12.1 Å². The Morgan fingerprint density at radius 1 is 1.25 bits per heavy atom. The van der Waals surface area contributed by atoms with Crippen molar-refractivity contribution in [2.75, 3.05) is 19.5 Å². The van der Waals surface area contributed by atoms with E-state index in [2.05, 4.69) is 15.5 Å². The van der Waals surface area contributed by atoms with Crippen molar-refractivity contribution in [1.82, 2.24) is 10.2 Å². The number of rotatable bonds is 5. The molecule has 0 atom stereocenters. The molecule has 20 heavy (non-hydrogen) atoms. The van der Waals surface area contributed by atoms with Gasteiger partial charge in [0.1, 0.15) is 0 Å². The van der Waals surface area contributed by atoms with Gasteiger partial charge in [0.15, 0.2) is 11.5 Å². The zero-order valence-electron chi connectivity index (χ0n) is 12.0. The van der Waals surface area contributed by atoms with Crippen LogP contribution in [-0.4, -0.2) is 24.4 Å². The van der Waals surface area contributed by atoms with Crippen LogP contribution >= 0.6 is 11.6 Å². The Bertz CT molecular complexity index is 591. The maximum Gasteiger partial charge on any atom is 0.179 e. The quantitative estimate of drug-likeness (QED) is 0.888. The summed E-state index contributed by atoms with van der Waals surface area (Å²) < 4.78 is 10.5. The van der Waals surface area contributed by atoms with Crippen LogP contribution in [0.1, 0.15) is 17.0 Å². The Morgan fingerprint density at radius 2 is 2.00 bits per heavy atom. The number of halogens is 1. The lowest BCUT2D eigenvalue weighted by Gasteiger charge is -2.13. The number of methoxy groups -OCH3 is 2. The van der Waals surface area contributed by atoms with E-state index < -0.39 is 0 Å². The minimum atomic E-state index is 0.550. The first kappa shape index (κ1) is 14.5. The molecule has 1 aromatic carbocycles. The average Bonchev–Trinajstić information content (AvgIpc) is 2.76. The van der Waals surface area contributed by atoms with Crippen LogP contribution < -0.4 is 14.8 Å². The Balaban J connectivity index is 2.22. The zero-order valence-corrected chi connectivity index (χ0v) is 12.8. The van der Waals surface area contributed by atoms with Gasteiger partial charge in [-0.1, -0.05) is 17.7 Å². The standard InChI is InChI=1S/C14H18ClN3O2/c1-8-13(9(2)18-17-8)16-7-10-5-6-11(19-3)14(20-4)12(10)15/h5-6,16H,7H2,1-4H3,(H,17,18). The number of anilines is 1. The molecule has 6 heteroatoms. The van der Waals surface area contributed by atoms with E-state index in [1.54, 1.807) is 14.2 Å². The highest BCUT2D eigenvalue weighted by Gasteiger charge is 2.14. The lowest BCUT2D eigenvalue weighted by atomic mass is 10.2. The van der Waals surface area contributed by atoms with Crippen molar-refractivity contribution in [1.29, 1.82) is 0 Å². The number of benzene rings is 1. The fraction of sp³-hybridized carbons (Fsp3) is 0.357. The van der Waals surface area contributed by atoms with Crippen molar-refractivity contribution in [2.45, 2.75) is 20.4 Å². The lowest BCUT2D eigenvalue weighted by molar-refractivity contribution is 0.355. The highest BCUT2D eigenvalue weighted by Crippen LogP contribution is 2.37. The summed E-state index contributed by atoms with van der Waals surface area (Å²) in [6.07, 6.45) is 0. The van der Waals surface area contributed by atoms with Crippen LogP contribution in [-0.2, 0) is 6.54 Å². The molecule has 0 aliphatic rings. The molecule has 1 heterocycles. The molecular weight excluding hydrogens is 278 g/mol. The summed E-state index contributed by atoms with van der Waals surface area (Å²) in [7, 11) is 3.16. The van der Waals surface area contributed by atoms with Gasteiger partial charge in [0.2, 0.25) is 0 Å². The first-order valence-electron chi connectivity index (χ1n) is 6.23. The van der Waals surface area contributed by atoms with Crippen LogP contribution in [0, 0.1) is 13.8 Å². The molecule has 2 N–H and O–H groups in total. The molecule has 1 aromatic heterocycles. The molecule has 0 saturated heterocycles. The van der Waals surface area contributed by atoms with Crippen LogP contribution in [0.5, 0.6) is 11.5 Å². The summed E-state index contributed by atoms with van der Waals surface area (Å²) in [5.74, 6) is 1.17. The summed E-state index contributed by atoms with van der Waals surface area (Å²) >= 11 is 6.34. The number of nitrogens with one attached hydrogen (secondary N) is 2. The molecule has 5 nitrogen and oxygen atoms in total. The van der Waals surface area contributed by atoms with Gasteiger partial charge >= 0.3 is 0 Å². The minimum absolute atomic E-state index is 0.550. The monoisotopic (exact) mass is 295 g/mol. The molecule has 0 spiro atoms. The molecule has 0 amide bonds. The summed E-state index contributed by atoms with van der Waals surface area (Å²) in [5, 5.41) is 11.0. The van der Waals surface area contributed by atoms with Gasteiger partial charge in [-0.3, -0.25) is 5.10 Å². The highest BCUT2D eigenvalue weighted by molar-refractivity contribution is 6.33. The Morgan fingerprint density at radius 3 is 2.55 bits per heavy atom. The summed E-state index contributed by atoms with van der Waals surface area (Å²) in [4.78, 5) is 0. The van der Waals surface area contributed by atoms with Crippen molar-refractivity contribution < 1.29 is 9.47 Å². The number of H-pyrrole nitrogens is 1. The molecule has 108 valence electrons. The van der Waals surface area contributed by atoms with E-state index in [9.17, 15) is 0 Å². The maximum atomic E-state index is 6.34. The van der Waals surface area contributed by atoms with E-state index in [4.69, 9.17) is 21.1 Å². The number of aromatic amines is 1. The first-order chi connectivity index (χ1) is 9.58. The van der Waals surface area contributed by atoms with Crippen molar-refractivity contribution in [3.63, 3.8) is 0 Å². The minimum Gasteiger partial charge on any atom is -0.493 e. The number of hydrogen-bond donors (Lipinski definition) is 2. The number of aromatic nitrogens is 2. The molecule has 2 aromatic rings. The van der Waals surface area contributed by atoms with E-state index in [0.29, 0.717) is 23.1 Å². The van der Waals surface area contributed by atoms with Gasteiger partial charge in [-0.25, -0.2) is 0 Å². The van der Waals surface area contributed by atoms with Crippen LogP contribution in [0.4, 0.5) is 5.69 Å². The average molecular weight is 296 g/mol. The fourth-order valence-electron chi connectivity index (χ4n) is 2.06. The topological polar surface area (TPSA) is 59.2 Å². The van der Waals surface area contributed by atoms with Gasteiger partial charge in [0.05, 0.1) is 36.3 Å². The second-order valence-electron chi connectivity index (χ2n) is 4.44. The molecule has 2 rings (SSSR count). The van der Waals surface area contributed by atoms with E-state index in [1.807, 2.05) is 26.0 Å². The normalized spacial score (nSPS) is 10.4. The zero-order chi connectivity index (χ0) is 14.7. The van der Waals surface area contributed by atoms with Gasteiger partial charge in [-0.2, -0.15) is 5.10 Å². The van der Waals surface area contributed by atoms with E-state index in [0.717, 1.165) is 22.6 Å². The molecule has 0 fully saturated rings. The largest absolute Gasteiger partial charge is 0.493 e. The molecule has 0 saturated carbocycles. The summed E-state index contributed by atoms with van der Waals surface area (Å²) in [5.41, 5.74) is 3.86. The van der Waals surface area contributed by atoms with E-state index >= 15 is 0 Å². The van der Waals surface area contributed by atoms with Gasteiger partial charge < -0.3 is 14.8 Å². The third-order valence-corrected chi connectivity index (χ3v) is 3.56. The SMILES string of the molecule is COc1ccc(CNc2c(C)n[nH]c2C)c(Cl)c1OC. The number of ether oxygens (including phenoxy) is 2. The molecular formula is C14H18ClN3O2. The van der Waals surface area contributed by atoms with Crippen LogP contribution in [0.25, 0.3) is 0 Å². The van der Waals surface area contributed by atoms with E-state index in [-0.39, 0.29) is 0 Å². The summed E-state index contributed by atoms with van der Waals surface area (Å²) in [6.45, 7) is 4.50.